The van der Waals surface area contributed by atoms with Crippen LogP contribution < -0.4 is 11.1 Å². The number of imide groups is 1. The lowest BCUT2D eigenvalue weighted by atomic mass is 9.97. The zero-order chi connectivity index (χ0) is 11.9. The Morgan fingerprint density at radius 3 is 2.56 bits per heavy atom. The average Bonchev–Trinajstić information content (AvgIpc) is 2.53. The van der Waals surface area contributed by atoms with Crippen LogP contribution in [0.15, 0.2) is 12.1 Å². The fourth-order valence-electron chi connectivity index (χ4n) is 1.72. The Labute approximate surface area is 90.1 Å². The number of benzene rings is 1. The van der Waals surface area contributed by atoms with Crippen LogP contribution in [0.3, 0.4) is 0 Å². The summed E-state index contributed by atoms with van der Waals surface area (Å²) in [6.45, 7) is -0.424. The summed E-state index contributed by atoms with van der Waals surface area (Å²) in [7, 11) is 0. The molecule has 0 saturated heterocycles. The number of aliphatic hydroxyl groups excluding tert-OH is 1. The van der Waals surface area contributed by atoms with E-state index >= 15 is 0 Å². The molecule has 0 unspecified atom stereocenters. The van der Waals surface area contributed by atoms with E-state index in [1.165, 1.54) is 12.1 Å². The Morgan fingerprint density at radius 2 is 2.00 bits per heavy atom. The zero-order valence-electron chi connectivity index (χ0n) is 8.11. The van der Waals surface area contributed by atoms with E-state index in [0.717, 1.165) is 0 Å². The van der Waals surface area contributed by atoms with Crippen LogP contribution >= 0.6 is 0 Å². The number of nitrogens with two attached hydrogens (primary N) is 1. The fraction of sp³-hybridized carbons (Fsp3) is 0.100. The summed E-state index contributed by atoms with van der Waals surface area (Å²) in [5.74, 6) is -2.07. The molecule has 1 aromatic carbocycles. The van der Waals surface area contributed by atoms with E-state index in [1.807, 2.05) is 0 Å². The van der Waals surface area contributed by atoms with Crippen LogP contribution in [0.5, 0.6) is 0 Å². The molecule has 0 aliphatic carbocycles. The second kappa shape index (κ2) is 3.42. The van der Waals surface area contributed by atoms with Crippen molar-refractivity contribution in [2.24, 2.45) is 5.73 Å². The summed E-state index contributed by atoms with van der Waals surface area (Å²) in [5, 5.41) is 11.1. The van der Waals surface area contributed by atoms with E-state index in [1.54, 1.807) is 0 Å². The highest BCUT2D eigenvalue weighted by atomic mass is 16.3. The lowest BCUT2D eigenvalue weighted by molar-refractivity contribution is 0.0874. The number of primary amides is 1. The molecule has 0 fully saturated rings. The molecule has 1 heterocycles. The monoisotopic (exact) mass is 220 g/mol. The molecule has 0 atom stereocenters. The molecule has 0 aromatic heterocycles. The van der Waals surface area contributed by atoms with Crippen molar-refractivity contribution < 1.29 is 19.5 Å². The molecule has 0 radical (unpaired) electrons. The van der Waals surface area contributed by atoms with Gasteiger partial charge in [-0.2, -0.15) is 0 Å². The molecule has 2 rings (SSSR count). The number of hydrogen-bond acceptors (Lipinski definition) is 4. The Hall–Kier alpha value is -2.21. The van der Waals surface area contributed by atoms with Crippen LogP contribution in [0.4, 0.5) is 0 Å². The molecule has 0 spiro atoms. The van der Waals surface area contributed by atoms with Crippen LogP contribution in [0.25, 0.3) is 0 Å². The van der Waals surface area contributed by atoms with E-state index < -0.39 is 24.3 Å². The first-order valence-electron chi connectivity index (χ1n) is 4.48. The van der Waals surface area contributed by atoms with E-state index in [-0.39, 0.29) is 22.3 Å². The quantitative estimate of drug-likeness (QED) is 0.564. The van der Waals surface area contributed by atoms with Gasteiger partial charge < -0.3 is 10.8 Å². The van der Waals surface area contributed by atoms with Crippen LogP contribution in [-0.4, -0.2) is 22.8 Å². The first-order valence-corrected chi connectivity index (χ1v) is 4.48. The highest BCUT2D eigenvalue weighted by Crippen LogP contribution is 2.23. The number of hydrogen-bond donors (Lipinski definition) is 3. The maximum Gasteiger partial charge on any atom is 0.259 e. The van der Waals surface area contributed by atoms with Crippen molar-refractivity contribution in [2.75, 3.05) is 0 Å². The summed E-state index contributed by atoms with van der Waals surface area (Å²) >= 11 is 0. The molecule has 0 saturated carbocycles. The first-order chi connectivity index (χ1) is 7.56. The molecular formula is C10H8N2O4. The number of carbonyl (C=O) groups excluding carboxylic acids is 3. The van der Waals surface area contributed by atoms with Crippen molar-refractivity contribution in [3.05, 3.63) is 34.4 Å². The fourth-order valence-corrected chi connectivity index (χ4v) is 1.72. The molecule has 6 heteroatoms. The van der Waals surface area contributed by atoms with Gasteiger partial charge >= 0.3 is 0 Å². The van der Waals surface area contributed by atoms with Crippen molar-refractivity contribution in [3.63, 3.8) is 0 Å². The predicted octanol–water partition coefficient (Wildman–Crippen LogP) is -0.839. The number of fused-ring (bicyclic) bond motifs is 1. The molecule has 6 nitrogen and oxygen atoms in total. The molecule has 0 bridgehead atoms. The maximum atomic E-state index is 11.4. The van der Waals surface area contributed by atoms with E-state index in [0.29, 0.717) is 0 Å². The molecule has 1 aliphatic rings. The Bertz CT molecular complexity index is 522. The summed E-state index contributed by atoms with van der Waals surface area (Å²) in [6, 6.07) is 2.78. The minimum atomic E-state index is -0.842. The largest absolute Gasteiger partial charge is 0.392 e. The smallest absolute Gasteiger partial charge is 0.259 e. The second-order valence-corrected chi connectivity index (χ2v) is 3.33. The molecule has 1 aliphatic heterocycles. The Balaban J connectivity index is 2.79. The van der Waals surface area contributed by atoms with Gasteiger partial charge in [-0.1, -0.05) is 6.07 Å². The molecule has 4 N–H and O–H groups in total. The number of nitrogens with one attached hydrogen (secondary N) is 1. The van der Waals surface area contributed by atoms with E-state index in [2.05, 4.69) is 5.32 Å². The summed E-state index contributed by atoms with van der Waals surface area (Å²) in [6.07, 6.45) is 0. The van der Waals surface area contributed by atoms with Crippen LogP contribution in [0, 0.1) is 0 Å². The van der Waals surface area contributed by atoms with Crippen LogP contribution in [0.2, 0.25) is 0 Å². The highest BCUT2D eigenvalue weighted by molar-refractivity contribution is 6.25. The minimum Gasteiger partial charge on any atom is -0.392 e. The predicted molar refractivity (Wildman–Crippen MR) is 52.7 cm³/mol. The lowest BCUT2D eigenvalue weighted by Gasteiger charge is -2.06. The molecular weight excluding hydrogens is 212 g/mol. The summed E-state index contributed by atoms with van der Waals surface area (Å²) < 4.78 is 0. The highest BCUT2D eigenvalue weighted by Gasteiger charge is 2.32. The third-order valence-corrected chi connectivity index (χ3v) is 2.41. The summed E-state index contributed by atoms with van der Waals surface area (Å²) in [5.41, 5.74) is 5.32. The van der Waals surface area contributed by atoms with Gasteiger partial charge in [0.15, 0.2) is 0 Å². The van der Waals surface area contributed by atoms with Gasteiger partial charge in [0.05, 0.1) is 23.3 Å². The number of rotatable bonds is 2. The van der Waals surface area contributed by atoms with E-state index in [9.17, 15) is 14.4 Å². The van der Waals surface area contributed by atoms with Gasteiger partial charge in [0, 0.05) is 0 Å². The van der Waals surface area contributed by atoms with Crippen molar-refractivity contribution >= 4 is 17.7 Å². The van der Waals surface area contributed by atoms with Gasteiger partial charge in [0.1, 0.15) is 0 Å². The topological polar surface area (TPSA) is 109 Å². The van der Waals surface area contributed by atoms with Crippen molar-refractivity contribution in [1.82, 2.24) is 5.32 Å². The van der Waals surface area contributed by atoms with Crippen LogP contribution in [-0.2, 0) is 6.61 Å². The molecule has 1 aromatic rings. The van der Waals surface area contributed by atoms with Gasteiger partial charge in [0.25, 0.3) is 11.8 Å². The van der Waals surface area contributed by atoms with Gasteiger partial charge in [-0.15, -0.1) is 0 Å². The SMILES string of the molecule is NC(=O)c1c(CO)ccc2c1C(=O)NC2=O. The van der Waals surface area contributed by atoms with Crippen molar-refractivity contribution in [2.45, 2.75) is 6.61 Å². The van der Waals surface area contributed by atoms with Crippen LogP contribution in [0.1, 0.15) is 36.6 Å². The van der Waals surface area contributed by atoms with Crippen molar-refractivity contribution in [1.29, 1.82) is 0 Å². The van der Waals surface area contributed by atoms with Gasteiger partial charge in [-0.25, -0.2) is 0 Å². The van der Waals surface area contributed by atoms with Gasteiger partial charge in [-0.05, 0) is 11.6 Å². The third-order valence-electron chi connectivity index (χ3n) is 2.41. The number of carbonyl (C=O) groups is 3. The molecule has 16 heavy (non-hydrogen) atoms. The van der Waals surface area contributed by atoms with Crippen molar-refractivity contribution in [3.8, 4) is 0 Å². The van der Waals surface area contributed by atoms with E-state index in [4.69, 9.17) is 10.8 Å². The van der Waals surface area contributed by atoms with Gasteiger partial charge in [-0.3, -0.25) is 19.7 Å². The molecule has 3 amide bonds. The number of amides is 3. The number of aliphatic hydroxyl groups is 1. The Kier molecular flexibility index (Phi) is 2.21. The zero-order valence-corrected chi connectivity index (χ0v) is 8.11. The van der Waals surface area contributed by atoms with Gasteiger partial charge in [0.2, 0.25) is 5.91 Å². The average molecular weight is 220 g/mol. The third kappa shape index (κ3) is 1.28. The summed E-state index contributed by atoms with van der Waals surface area (Å²) in [4.78, 5) is 34.0. The minimum absolute atomic E-state index is 0.0518. The maximum absolute atomic E-state index is 11.4. The normalized spacial score (nSPS) is 13.6. The Morgan fingerprint density at radius 1 is 1.31 bits per heavy atom. The lowest BCUT2D eigenvalue weighted by Crippen LogP contribution is -2.22. The first kappa shape index (κ1) is 10.3. The standard InChI is InChI=1S/C10H8N2O4/c11-8(14)6-4(3-13)1-2-5-7(6)10(16)12-9(5)15/h1-2,13H,3H2,(H2,11,14)(H,12,15,16). The second-order valence-electron chi connectivity index (χ2n) is 3.33. The molecule has 82 valence electrons.